The summed E-state index contributed by atoms with van der Waals surface area (Å²) in [4.78, 5) is 28.6. The Bertz CT molecular complexity index is 1120. The number of hydrogen-bond donors (Lipinski definition) is 1. The van der Waals surface area contributed by atoms with Gasteiger partial charge in [-0.1, -0.05) is 90.3 Å². The molecule has 3 aromatic rings. The molecule has 0 saturated heterocycles. The topological polar surface area (TPSA) is 49.4 Å². The van der Waals surface area contributed by atoms with E-state index in [1.165, 1.54) is 0 Å². The van der Waals surface area contributed by atoms with Crippen molar-refractivity contribution in [1.82, 2.24) is 10.2 Å². The molecule has 178 valence electrons. The number of carbonyl (C=O) groups is 2. The van der Waals surface area contributed by atoms with Crippen LogP contribution in [0.25, 0.3) is 0 Å². The molecule has 3 rings (SSSR count). The number of rotatable bonds is 10. The predicted octanol–water partition coefficient (Wildman–Crippen LogP) is 6.36. The van der Waals surface area contributed by atoms with Crippen LogP contribution in [0.15, 0.2) is 72.8 Å². The molecule has 3 aromatic carbocycles. The number of nitrogens with zero attached hydrogens (tertiary/aromatic N) is 1. The molecule has 1 N–H and O–H groups in total. The van der Waals surface area contributed by atoms with E-state index in [0.29, 0.717) is 33.6 Å². The Morgan fingerprint density at radius 1 is 0.882 bits per heavy atom. The minimum absolute atomic E-state index is 0.109. The SMILES string of the molecule is CCCNC(=O)[C@@H](Cc1ccccc1)N(Cc1ccc(Cl)cc1Cl)C(=O)Cc1cccc(Cl)c1. The number of halogens is 3. The molecular formula is C27H27Cl3N2O2. The van der Waals surface area contributed by atoms with E-state index >= 15 is 0 Å². The molecular weight excluding hydrogens is 491 g/mol. The zero-order valence-corrected chi connectivity index (χ0v) is 21.2. The number of nitrogens with one attached hydrogen (secondary N) is 1. The Morgan fingerprint density at radius 3 is 2.26 bits per heavy atom. The lowest BCUT2D eigenvalue weighted by Gasteiger charge is -2.32. The standard InChI is InChI=1S/C27H27Cl3N2O2/c1-2-13-31-27(34)25(15-19-7-4-3-5-8-19)32(18-21-11-12-23(29)17-24(21)30)26(33)16-20-9-6-10-22(28)14-20/h3-12,14,17,25H,2,13,15-16,18H2,1H3,(H,31,34)/t25-/m1/s1. The summed E-state index contributed by atoms with van der Waals surface area (Å²) >= 11 is 18.7. The minimum atomic E-state index is -0.715. The first-order valence-corrected chi connectivity index (χ1v) is 12.3. The second kappa shape index (κ2) is 12.8. The Morgan fingerprint density at radius 2 is 1.59 bits per heavy atom. The number of amides is 2. The van der Waals surface area contributed by atoms with Crippen LogP contribution in [-0.4, -0.2) is 29.3 Å². The molecule has 0 aromatic heterocycles. The molecule has 1 atom stereocenters. The van der Waals surface area contributed by atoms with E-state index in [-0.39, 0.29) is 24.8 Å². The van der Waals surface area contributed by atoms with Crippen molar-refractivity contribution in [1.29, 1.82) is 0 Å². The Hall–Kier alpha value is -2.53. The molecule has 34 heavy (non-hydrogen) atoms. The van der Waals surface area contributed by atoms with Gasteiger partial charge in [0, 0.05) is 34.6 Å². The van der Waals surface area contributed by atoms with E-state index in [0.717, 1.165) is 17.5 Å². The number of hydrogen-bond acceptors (Lipinski definition) is 2. The smallest absolute Gasteiger partial charge is 0.243 e. The highest BCUT2D eigenvalue weighted by Gasteiger charge is 2.30. The fourth-order valence-electron chi connectivity index (χ4n) is 3.68. The van der Waals surface area contributed by atoms with Gasteiger partial charge in [0.2, 0.25) is 11.8 Å². The van der Waals surface area contributed by atoms with Crippen molar-refractivity contribution in [2.45, 2.75) is 38.8 Å². The van der Waals surface area contributed by atoms with Crippen LogP contribution >= 0.6 is 34.8 Å². The third kappa shape index (κ3) is 7.49. The van der Waals surface area contributed by atoms with Gasteiger partial charge in [0.1, 0.15) is 6.04 Å². The van der Waals surface area contributed by atoms with E-state index in [9.17, 15) is 9.59 Å². The second-order valence-corrected chi connectivity index (χ2v) is 9.34. The molecule has 7 heteroatoms. The molecule has 0 aliphatic carbocycles. The average molecular weight is 518 g/mol. The van der Waals surface area contributed by atoms with E-state index in [1.54, 1.807) is 41.3 Å². The first-order valence-electron chi connectivity index (χ1n) is 11.2. The molecule has 4 nitrogen and oxygen atoms in total. The fraction of sp³-hybridized carbons (Fsp3) is 0.259. The van der Waals surface area contributed by atoms with Crippen molar-refractivity contribution in [3.05, 3.63) is 105 Å². The van der Waals surface area contributed by atoms with Gasteiger partial charge in [0.15, 0.2) is 0 Å². The van der Waals surface area contributed by atoms with Gasteiger partial charge in [-0.05, 0) is 47.4 Å². The first kappa shape index (κ1) is 26.1. The third-order valence-electron chi connectivity index (χ3n) is 5.42. The summed E-state index contributed by atoms with van der Waals surface area (Å²) in [5.74, 6) is -0.393. The highest BCUT2D eigenvalue weighted by atomic mass is 35.5. The molecule has 2 amide bonds. The van der Waals surface area contributed by atoms with Crippen molar-refractivity contribution in [3.63, 3.8) is 0 Å². The minimum Gasteiger partial charge on any atom is -0.354 e. The zero-order valence-electron chi connectivity index (χ0n) is 18.9. The van der Waals surface area contributed by atoms with Crippen LogP contribution in [0.2, 0.25) is 15.1 Å². The summed E-state index contributed by atoms with van der Waals surface area (Å²) in [6.07, 6.45) is 1.28. The van der Waals surface area contributed by atoms with Gasteiger partial charge < -0.3 is 10.2 Å². The molecule has 0 saturated carbocycles. The zero-order chi connectivity index (χ0) is 24.5. The van der Waals surface area contributed by atoms with Crippen molar-refractivity contribution in [3.8, 4) is 0 Å². The van der Waals surface area contributed by atoms with Gasteiger partial charge in [0.05, 0.1) is 6.42 Å². The molecule has 0 bridgehead atoms. The van der Waals surface area contributed by atoms with E-state index in [2.05, 4.69) is 5.32 Å². The molecule has 0 aliphatic rings. The van der Waals surface area contributed by atoms with E-state index in [4.69, 9.17) is 34.8 Å². The fourth-order valence-corrected chi connectivity index (χ4v) is 4.36. The Labute approximate surface area is 215 Å². The maximum Gasteiger partial charge on any atom is 0.243 e. The van der Waals surface area contributed by atoms with Crippen molar-refractivity contribution >= 4 is 46.6 Å². The average Bonchev–Trinajstić information content (AvgIpc) is 2.81. The lowest BCUT2D eigenvalue weighted by Crippen LogP contribution is -2.51. The Balaban J connectivity index is 1.98. The summed E-state index contributed by atoms with van der Waals surface area (Å²) in [5, 5.41) is 4.47. The van der Waals surface area contributed by atoms with Gasteiger partial charge in [-0.15, -0.1) is 0 Å². The van der Waals surface area contributed by atoms with Crippen LogP contribution in [0, 0.1) is 0 Å². The van der Waals surface area contributed by atoms with Crippen LogP contribution in [0.5, 0.6) is 0 Å². The summed E-state index contributed by atoms with van der Waals surface area (Å²) < 4.78 is 0. The van der Waals surface area contributed by atoms with Crippen LogP contribution < -0.4 is 5.32 Å². The first-order chi connectivity index (χ1) is 16.4. The Kier molecular flexibility index (Phi) is 9.82. The van der Waals surface area contributed by atoms with Gasteiger partial charge in [0.25, 0.3) is 0 Å². The quantitative estimate of drug-likeness (QED) is 0.340. The second-order valence-electron chi connectivity index (χ2n) is 8.06. The van der Waals surface area contributed by atoms with Crippen LogP contribution in [0.4, 0.5) is 0 Å². The predicted molar refractivity (Wildman–Crippen MR) is 139 cm³/mol. The molecule has 0 aliphatic heterocycles. The molecule has 0 spiro atoms. The number of benzene rings is 3. The third-order valence-corrected chi connectivity index (χ3v) is 6.24. The monoisotopic (exact) mass is 516 g/mol. The highest BCUT2D eigenvalue weighted by Crippen LogP contribution is 2.25. The molecule has 0 radical (unpaired) electrons. The van der Waals surface area contributed by atoms with E-state index in [1.807, 2.05) is 43.3 Å². The van der Waals surface area contributed by atoms with Crippen LogP contribution in [0.3, 0.4) is 0 Å². The summed E-state index contributed by atoms with van der Waals surface area (Å²) in [6.45, 7) is 2.69. The molecule has 0 unspecified atom stereocenters. The molecule has 0 fully saturated rings. The van der Waals surface area contributed by atoms with Crippen LogP contribution in [-0.2, 0) is 29.0 Å². The van der Waals surface area contributed by atoms with E-state index < -0.39 is 6.04 Å². The molecule has 0 heterocycles. The summed E-state index contributed by atoms with van der Waals surface area (Å²) in [6, 6.07) is 21.3. The van der Waals surface area contributed by atoms with Crippen molar-refractivity contribution < 1.29 is 9.59 Å². The van der Waals surface area contributed by atoms with Gasteiger partial charge in [-0.2, -0.15) is 0 Å². The van der Waals surface area contributed by atoms with Crippen molar-refractivity contribution in [2.75, 3.05) is 6.54 Å². The largest absolute Gasteiger partial charge is 0.354 e. The maximum absolute atomic E-state index is 13.7. The van der Waals surface area contributed by atoms with Gasteiger partial charge >= 0.3 is 0 Å². The lowest BCUT2D eigenvalue weighted by molar-refractivity contribution is -0.140. The van der Waals surface area contributed by atoms with Gasteiger partial charge in [-0.25, -0.2) is 0 Å². The summed E-state index contributed by atoms with van der Waals surface area (Å²) in [7, 11) is 0. The normalized spacial score (nSPS) is 11.6. The highest BCUT2D eigenvalue weighted by molar-refractivity contribution is 6.35. The van der Waals surface area contributed by atoms with Gasteiger partial charge in [-0.3, -0.25) is 9.59 Å². The maximum atomic E-state index is 13.7. The number of carbonyl (C=O) groups excluding carboxylic acids is 2. The van der Waals surface area contributed by atoms with Crippen molar-refractivity contribution in [2.24, 2.45) is 0 Å². The lowest BCUT2D eigenvalue weighted by atomic mass is 10.0. The summed E-state index contributed by atoms with van der Waals surface area (Å²) in [5.41, 5.74) is 2.45. The van der Waals surface area contributed by atoms with Crippen LogP contribution in [0.1, 0.15) is 30.0 Å².